The quantitative estimate of drug-likeness (QED) is 0.763. The molecule has 20 heavy (non-hydrogen) atoms. The molecule has 0 spiro atoms. The van der Waals surface area contributed by atoms with E-state index in [0.29, 0.717) is 13.2 Å². The van der Waals surface area contributed by atoms with Gasteiger partial charge in [-0.25, -0.2) is 0 Å². The molecule has 3 heteroatoms. The van der Waals surface area contributed by atoms with Gasteiger partial charge in [0.15, 0.2) is 11.5 Å². The Morgan fingerprint density at radius 2 is 1.50 bits per heavy atom. The summed E-state index contributed by atoms with van der Waals surface area (Å²) in [4.78, 5) is 0. The normalized spacial score (nSPS) is 14.9. The van der Waals surface area contributed by atoms with Crippen molar-refractivity contribution in [3.63, 3.8) is 0 Å². The van der Waals surface area contributed by atoms with Crippen LogP contribution in [0.4, 0.5) is 0 Å². The number of hydrogen-bond acceptors (Lipinski definition) is 2. The maximum atomic E-state index is 6.62. The molecule has 2 nitrogen and oxygen atoms in total. The van der Waals surface area contributed by atoms with E-state index in [4.69, 9.17) is 21.1 Å². The highest BCUT2D eigenvalue weighted by Gasteiger charge is 2.17. The summed E-state index contributed by atoms with van der Waals surface area (Å²) in [7, 11) is 0. The summed E-state index contributed by atoms with van der Waals surface area (Å²) in [6.45, 7) is 5.37. The summed E-state index contributed by atoms with van der Waals surface area (Å²) < 4.78 is 11.1. The second-order valence-electron chi connectivity index (χ2n) is 5.19. The lowest BCUT2D eigenvalue weighted by atomic mass is 10.00. The predicted molar refractivity (Wildman–Crippen MR) is 81.0 cm³/mol. The zero-order chi connectivity index (χ0) is 14.1. The molecular weight excluding hydrogens is 272 g/mol. The standard InChI is InChI=1S/C17H17ClO2/c1-11-7-12(2)9-14(8-11)17(18)13-3-4-15-16(10-13)20-6-5-19-15/h3-4,7-10,17H,5-6H2,1-2H3. The molecule has 0 aliphatic carbocycles. The highest BCUT2D eigenvalue weighted by Crippen LogP contribution is 2.37. The van der Waals surface area contributed by atoms with Gasteiger partial charge in [-0.1, -0.05) is 35.4 Å². The third-order valence-electron chi connectivity index (χ3n) is 3.40. The van der Waals surface area contributed by atoms with Gasteiger partial charge in [-0.3, -0.25) is 0 Å². The average molecular weight is 289 g/mol. The van der Waals surface area contributed by atoms with Gasteiger partial charge >= 0.3 is 0 Å². The number of aryl methyl sites for hydroxylation is 2. The molecule has 0 fully saturated rings. The molecule has 2 aromatic rings. The lowest BCUT2D eigenvalue weighted by molar-refractivity contribution is 0.171. The minimum absolute atomic E-state index is 0.176. The molecule has 0 amide bonds. The fourth-order valence-electron chi connectivity index (χ4n) is 2.57. The highest BCUT2D eigenvalue weighted by atomic mass is 35.5. The molecule has 0 radical (unpaired) electrons. The molecule has 0 saturated heterocycles. The molecule has 0 aromatic heterocycles. The zero-order valence-electron chi connectivity index (χ0n) is 11.7. The Morgan fingerprint density at radius 3 is 2.20 bits per heavy atom. The van der Waals surface area contributed by atoms with Crippen molar-refractivity contribution in [2.24, 2.45) is 0 Å². The molecule has 104 valence electrons. The van der Waals surface area contributed by atoms with Gasteiger partial charge in [0, 0.05) is 0 Å². The van der Waals surface area contributed by atoms with Crippen LogP contribution in [-0.4, -0.2) is 13.2 Å². The van der Waals surface area contributed by atoms with Crippen molar-refractivity contribution in [1.29, 1.82) is 0 Å². The second kappa shape index (κ2) is 5.37. The first-order valence-electron chi connectivity index (χ1n) is 6.75. The Balaban J connectivity index is 1.95. The van der Waals surface area contributed by atoms with Gasteiger partial charge in [0.2, 0.25) is 0 Å². The van der Waals surface area contributed by atoms with Crippen LogP contribution in [0, 0.1) is 13.8 Å². The molecule has 1 heterocycles. The van der Waals surface area contributed by atoms with E-state index >= 15 is 0 Å². The maximum Gasteiger partial charge on any atom is 0.161 e. The Morgan fingerprint density at radius 1 is 0.850 bits per heavy atom. The number of benzene rings is 2. The van der Waals surface area contributed by atoms with E-state index in [1.54, 1.807) is 0 Å². The summed E-state index contributed by atoms with van der Waals surface area (Å²) in [6.07, 6.45) is 0. The van der Waals surface area contributed by atoms with E-state index < -0.39 is 0 Å². The number of hydrogen-bond donors (Lipinski definition) is 0. The van der Waals surface area contributed by atoms with Crippen LogP contribution in [0.1, 0.15) is 27.6 Å². The highest BCUT2D eigenvalue weighted by molar-refractivity contribution is 6.22. The summed E-state index contributed by atoms with van der Waals surface area (Å²) in [6, 6.07) is 12.3. The van der Waals surface area contributed by atoms with E-state index in [9.17, 15) is 0 Å². The van der Waals surface area contributed by atoms with E-state index in [1.807, 2.05) is 18.2 Å². The minimum atomic E-state index is -0.176. The molecular formula is C17H17ClO2. The fraction of sp³-hybridized carbons (Fsp3) is 0.294. The minimum Gasteiger partial charge on any atom is -0.486 e. The van der Waals surface area contributed by atoms with Crippen LogP contribution >= 0.6 is 11.6 Å². The number of halogens is 1. The van der Waals surface area contributed by atoms with Crippen LogP contribution in [0.25, 0.3) is 0 Å². The first-order valence-corrected chi connectivity index (χ1v) is 7.19. The maximum absolute atomic E-state index is 6.62. The van der Waals surface area contributed by atoms with Crippen molar-refractivity contribution < 1.29 is 9.47 Å². The number of alkyl halides is 1. The van der Waals surface area contributed by atoms with Crippen molar-refractivity contribution in [1.82, 2.24) is 0 Å². The third-order valence-corrected chi connectivity index (χ3v) is 3.90. The number of rotatable bonds is 2. The molecule has 3 rings (SSSR count). The SMILES string of the molecule is Cc1cc(C)cc(C(Cl)c2ccc3c(c2)OCCO3)c1. The summed E-state index contributed by atoms with van der Waals surface area (Å²) in [5.74, 6) is 1.58. The Hall–Kier alpha value is -1.67. The van der Waals surface area contributed by atoms with Gasteiger partial charge < -0.3 is 9.47 Å². The van der Waals surface area contributed by atoms with E-state index in [-0.39, 0.29) is 5.38 Å². The first kappa shape index (κ1) is 13.3. The van der Waals surface area contributed by atoms with Gasteiger partial charge in [0.25, 0.3) is 0 Å². The van der Waals surface area contributed by atoms with Crippen LogP contribution in [0.5, 0.6) is 11.5 Å². The van der Waals surface area contributed by atoms with Crippen LogP contribution in [-0.2, 0) is 0 Å². The Labute approximate surface area is 124 Å². The first-order chi connectivity index (χ1) is 9.63. The van der Waals surface area contributed by atoms with Gasteiger partial charge in [-0.2, -0.15) is 0 Å². The smallest absolute Gasteiger partial charge is 0.161 e. The Bertz CT molecular complexity index is 617. The number of fused-ring (bicyclic) bond motifs is 1. The van der Waals surface area contributed by atoms with Crippen molar-refractivity contribution in [2.75, 3.05) is 13.2 Å². The third kappa shape index (κ3) is 2.61. The molecule has 2 aromatic carbocycles. The van der Waals surface area contributed by atoms with Crippen molar-refractivity contribution in [2.45, 2.75) is 19.2 Å². The predicted octanol–water partition coefficient (Wildman–Crippen LogP) is 4.40. The number of ether oxygens (including phenoxy) is 2. The molecule has 1 atom stereocenters. The molecule has 0 saturated carbocycles. The molecule has 0 N–H and O–H groups in total. The van der Waals surface area contributed by atoms with E-state index in [0.717, 1.165) is 22.6 Å². The summed E-state index contributed by atoms with van der Waals surface area (Å²) >= 11 is 6.62. The fourth-order valence-corrected chi connectivity index (χ4v) is 2.83. The zero-order valence-corrected chi connectivity index (χ0v) is 12.4. The van der Waals surface area contributed by atoms with Gasteiger partial charge in [-0.15, -0.1) is 11.6 Å². The lowest BCUT2D eigenvalue weighted by Crippen LogP contribution is -2.15. The molecule has 0 bridgehead atoms. The Kier molecular flexibility index (Phi) is 3.58. The van der Waals surface area contributed by atoms with Crippen molar-refractivity contribution in [3.8, 4) is 11.5 Å². The van der Waals surface area contributed by atoms with E-state index in [2.05, 4.69) is 32.0 Å². The topological polar surface area (TPSA) is 18.5 Å². The largest absolute Gasteiger partial charge is 0.486 e. The van der Waals surface area contributed by atoms with Gasteiger partial charge in [0.1, 0.15) is 13.2 Å². The van der Waals surface area contributed by atoms with E-state index in [1.165, 1.54) is 11.1 Å². The average Bonchev–Trinajstić information content (AvgIpc) is 2.45. The van der Waals surface area contributed by atoms with Crippen LogP contribution in [0.2, 0.25) is 0 Å². The monoisotopic (exact) mass is 288 g/mol. The van der Waals surface area contributed by atoms with Gasteiger partial charge in [0.05, 0.1) is 5.38 Å². The van der Waals surface area contributed by atoms with Crippen molar-refractivity contribution >= 4 is 11.6 Å². The van der Waals surface area contributed by atoms with Crippen LogP contribution in [0.15, 0.2) is 36.4 Å². The van der Waals surface area contributed by atoms with Crippen molar-refractivity contribution in [3.05, 3.63) is 58.7 Å². The van der Waals surface area contributed by atoms with Crippen LogP contribution in [0.3, 0.4) is 0 Å². The van der Waals surface area contributed by atoms with Crippen LogP contribution < -0.4 is 9.47 Å². The molecule has 1 aliphatic rings. The molecule has 1 unspecified atom stereocenters. The summed E-state index contributed by atoms with van der Waals surface area (Å²) in [5.41, 5.74) is 4.59. The second-order valence-corrected chi connectivity index (χ2v) is 5.62. The lowest BCUT2D eigenvalue weighted by Gasteiger charge is -2.20. The van der Waals surface area contributed by atoms with Gasteiger partial charge in [-0.05, 0) is 37.1 Å². The summed E-state index contributed by atoms with van der Waals surface area (Å²) in [5, 5.41) is -0.176. The molecule has 1 aliphatic heterocycles.